The van der Waals surface area contributed by atoms with Crippen molar-refractivity contribution in [3.8, 4) is 0 Å². The van der Waals surface area contributed by atoms with Gasteiger partial charge in [-0.3, -0.25) is 0 Å². The first-order chi connectivity index (χ1) is 7.77. The molecule has 1 heterocycles. The molecule has 0 aromatic carbocycles. The highest BCUT2D eigenvalue weighted by Crippen LogP contribution is 2.13. The topological polar surface area (TPSA) is 28.2 Å². The van der Waals surface area contributed by atoms with Crippen LogP contribution in [0.1, 0.15) is 13.3 Å². The molecule has 0 aliphatic heterocycles. The summed E-state index contributed by atoms with van der Waals surface area (Å²) in [4.78, 5) is 6.76. The summed E-state index contributed by atoms with van der Waals surface area (Å²) in [6, 6.07) is 6.12. The molecule has 0 aliphatic rings. The number of thioether (sulfide) groups is 1. The fourth-order valence-electron chi connectivity index (χ4n) is 1.33. The van der Waals surface area contributed by atoms with Crippen LogP contribution < -0.4 is 10.2 Å². The Hall–Kier alpha value is -0.900. The fraction of sp³-hybridized carbons (Fsp3) is 0.583. The molecule has 1 aromatic heterocycles. The lowest BCUT2D eigenvalue weighted by Gasteiger charge is -2.18. The molecule has 0 fully saturated rings. The van der Waals surface area contributed by atoms with Gasteiger partial charge < -0.3 is 10.2 Å². The maximum absolute atomic E-state index is 4.57. The number of nitrogens with one attached hydrogen (secondary N) is 1. The lowest BCUT2D eigenvalue weighted by Crippen LogP contribution is -2.21. The van der Waals surface area contributed by atoms with Gasteiger partial charge in [-0.25, -0.2) is 4.98 Å². The van der Waals surface area contributed by atoms with E-state index in [-0.39, 0.29) is 0 Å². The van der Waals surface area contributed by atoms with Gasteiger partial charge in [0.05, 0.1) is 0 Å². The third kappa shape index (κ3) is 4.31. The quantitative estimate of drug-likeness (QED) is 0.792. The molecule has 0 spiro atoms. The average Bonchev–Trinajstić information content (AvgIpc) is 2.33. The Labute approximate surface area is 103 Å². The molecule has 0 atom stereocenters. The van der Waals surface area contributed by atoms with E-state index in [9.17, 15) is 0 Å². The standard InChI is InChI=1S/C12H21N3S/c1-4-8-13-11-6-5-7-12(14-11)15(2)9-10-16-3/h5-7H,4,8-10H2,1-3H3,(H,13,14). The molecule has 0 unspecified atom stereocenters. The number of hydrogen-bond acceptors (Lipinski definition) is 4. The van der Waals surface area contributed by atoms with E-state index in [1.165, 1.54) is 0 Å². The first-order valence-corrected chi connectivity index (χ1v) is 7.08. The Balaban J connectivity index is 2.58. The highest BCUT2D eigenvalue weighted by molar-refractivity contribution is 7.98. The van der Waals surface area contributed by atoms with Gasteiger partial charge in [-0.05, 0) is 24.8 Å². The molecule has 16 heavy (non-hydrogen) atoms. The number of hydrogen-bond donors (Lipinski definition) is 1. The normalized spacial score (nSPS) is 10.2. The minimum Gasteiger partial charge on any atom is -0.370 e. The van der Waals surface area contributed by atoms with Crippen molar-refractivity contribution >= 4 is 23.4 Å². The van der Waals surface area contributed by atoms with Crippen LogP contribution in [0, 0.1) is 0 Å². The first-order valence-electron chi connectivity index (χ1n) is 5.69. The molecule has 4 heteroatoms. The van der Waals surface area contributed by atoms with Gasteiger partial charge in [-0.2, -0.15) is 11.8 Å². The summed E-state index contributed by atoms with van der Waals surface area (Å²) >= 11 is 1.86. The Bertz CT molecular complexity index is 304. The van der Waals surface area contributed by atoms with E-state index in [1.807, 2.05) is 17.8 Å². The van der Waals surface area contributed by atoms with Crippen LogP contribution >= 0.6 is 11.8 Å². The van der Waals surface area contributed by atoms with Crippen LogP contribution in [-0.4, -0.2) is 37.1 Å². The zero-order valence-electron chi connectivity index (χ0n) is 10.4. The highest BCUT2D eigenvalue weighted by atomic mass is 32.2. The van der Waals surface area contributed by atoms with Crippen LogP contribution in [0.4, 0.5) is 11.6 Å². The summed E-state index contributed by atoms with van der Waals surface area (Å²) < 4.78 is 0. The largest absolute Gasteiger partial charge is 0.370 e. The summed E-state index contributed by atoms with van der Waals surface area (Å²) in [6.45, 7) is 4.16. The molecule has 0 radical (unpaired) electrons. The van der Waals surface area contributed by atoms with Gasteiger partial charge in [0.15, 0.2) is 0 Å². The van der Waals surface area contributed by atoms with E-state index >= 15 is 0 Å². The van der Waals surface area contributed by atoms with E-state index in [4.69, 9.17) is 0 Å². The predicted molar refractivity (Wildman–Crippen MR) is 74.7 cm³/mol. The third-order valence-electron chi connectivity index (χ3n) is 2.31. The summed E-state index contributed by atoms with van der Waals surface area (Å²) in [5, 5.41) is 3.30. The molecule has 0 saturated carbocycles. The van der Waals surface area contributed by atoms with Gasteiger partial charge in [0.25, 0.3) is 0 Å². The molecular weight excluding hydrogens is 218 g/mol. The third-order valence-corrected chi connectivity index (χ3v) is 2.90. The lowest BCUT2D eigenvalue weighted by atomic mass is 10.4. The second-order valence-corrected chi connectivity index (χ2v) is 4.71. The second-order valence-electron chi connectivity index (χ2n) is 3.72. The van der Waals surface area contributed by atoms with Crippen molar-refractivity contribution in [2.75, 3.05) is 42.4 Å². The number of pyridine rings is 1. The van der Waals surface area contributed by atoms with Crippen LogP contribution in [0.15, 0.2) is 18.2 Å². The van der Waals surface area contributed by atoms with E-state index in [2.05, 4.69) is 47.6 Å². The van der Waals surface area contributed by atoms with Crippen molar-refractivity contribution in [1.29, 1.82) is 0 Å². The molecule has 1 N–H and O–H groups in total. The molecule has 0 bridgehead atoms. The van der Waals surface area contributed by atoms with E-state index in [0.29, 0.717) is 0 Å². The lowest BCUT2D eigenvalue weighted by molar-refractivity contribution is 0.934. The van der Waals surface area contributed by atoms with Crippen LogP contribution in [0.25, 0.3) is 0 Å². The number of nitrogens with zero attached hydrogens (tertiary/aromatic N) is 2. The molecule has 90 valence electrons. The van der Waals surface area contributed by atoms with Crippen molar-refractivity contribution in [1.82, 2.24) is 4.98 Å². The van der Waals surface area contributed by atoms with Gasteiger partial charge in [0.2, 0.25) is 0 Å². The monoisotopic (exact) mass is 239 g/mol. The maximum atomic E-state index is 4.57. The SMILES string of the molecule is CCCNc1cccc(N(C)CCSC)n1. The molecule has 0 saturated heterocycles. The number of aromatic nitrogens is 1. The van der Waals surface area contributed by atoms with Crippen LogP contribution in [-0.2, 0) is 0 Å². The molecule has 0 aliphatic carbocycles. The van der Waals surface area contributed by atoms with Gasteiger partial charge in [-0.1, -0.05) is 13.0 Å². The predicted octanol–water partition coefficient (Wildman–Crippen LogP) is 2.70. The van der Waals surface area contributed by atoms with Crippen LogP contribution in [0.5, 0.6) is 0 Å². The Morgan fingerprint density at radius 3 is 2.94 bits per heavy atom. The van der Waals surface area contributed by atoms with E-state index < -0.39 is 0 Å². The first kappa shape index (κ1) is 13.2. The van der Waals surface area contributed by atoms with Gasteiger partial charge in [0, 0.05) is 25.9 Å². The van der Waals surface area contributed by atoms with Crippen LogP contribution in [0.3, 0.4) is 0 Å². The molecule has 3 nitrogen and oxygen atoms in total. The van der Waals surface area contributed by atoms with E-state index in [0.717, 1.165) is 36.9 Å². The summed E-state index contributed by atoms with van der Waals surface area (Å²) in [5.74, 6) is 3.13. The van der Waals surface area contributed by atoms with Crippen molar-refractivity contribution in [2.45, 2.75) is 13.3 Å². The van der Waals surface area contributed by atoms with Gasteiger partial charge in [0.1, 0.15) is 11.6 Å². The smallest absolute Gasteiger partial charge is 0.130 e. The summed E-state index contributed by atoms with van der Waals surface area (Å²) in [7, 11) is 2.09. The minimum absolute atomic E-state index is 0.968. The molecule has 0 amide bonds. The second kappa shape index (κ2) is 7.39. The van der Waals surface area contributed by atoms with Crippen molar-refractivity contribution in [3.05, 3.63) is 18.2 Å². The molecular formula is C12H21N3S. The molecule has 1 rings (SSSR count). The fourth-order valence-corrected chi connectivity index (χ4v) is 1.79. The Morgan fingerprint density at radius 1 is 1.44 bits per heavy atom. The minimum atomic E-state index is 0.968. The molecule has 1 aromatic rings. The number of anilines is 2. The zero-order valence-corrected chi connectivity index (χ0v) is 11.2. The van der Waals surface area contributed by atoms with Crippen LogP contribution in [0.2, 0.25) is 0 Å². The maximum Gasteiger partial charge on any atom is 0.130 e. The van der Waals surface area contributed by atoms with Crippen molar-refractivity contribution in [3.63, 3.8) is 0 Å². The van der Waals surface area contributed by atoms with Crippen molar-refractivity contribution in [2.24, 2.45) is 0 Å². The highest BCUT2D eigenvalue weighted by Gasteiger charge is 2.02. The zero-order chi connectivity index (χ0) is 11.8. The van der Waals surface area contributed by atoms with Crippen molar-refractivity contribution < 1.29 is 0 Å². The Kier molecular flexibility index (Phi) is 6.08. The van der Waals surface area contributed by atoms with E-state index in [1.54, 1.807) is 0 Å². The van der Waals surface area contributed by atoms with Gasteiger partial charge in [-0.15, -0.1) is 0 Å². The Morgan fingerprint density at radius 2 is 2.25 bits per heavy atom. The summed E-state index contributed by atoms with van der Waals surface area (Å²) in [5.41, 5.74) is 0. The summed E-state index contributed by atoms with van der Waals surface area (Å²) in [6.07, 6.45) is 3.24. The number of rotatable bonds is 7. The average molecular weight is 239 g/mol. The van der Waals surface area contributed by atoms with Gasteiger partial charge >= 0.3 is 0 Å².